The first kappa shape index (κ1) is 14.4. The van der Waals surface area contributed by atoms with Gasteiger partial charge in [-0.2, -0.15) is 15.0 Å². The lowest BCUT2D eigenvalue weighted by atomic mass is 9.75. The summed E-state index contributed by atoms with van der Waals surface area (Å²) < 4.78 is 0. The van der Waals surface area contributed by atoms with Crippen LogP contribution >= 0.6 is 0 Å². The minimum atomic E-state index is 0.310. The molecule has 2 fully saturated rings. The van der Waals surface area contributed by atoms with Crippen molar-refractivity contribution in [2.75, 3.05) is 29.0 Å². The quantitative estimate of drug-likeness (QED) is 0.890. The summed E-state index contributed by atoms with van der Waals surface area (Å²) in [5.74, 6) is 1.66. The van der Waals surface area contributed by atoms with E-state index in [0.717, 1.165) is 25.5 Å². The van der Waals surface area contributed by atoms with Gasteiger partial charge in [-0.3, -0.25) is 0 Å². The van der Waals surface area contributed by atoms with Crippen molar-refractivity contribution in [1.29, 1.82) is 0 Å². The Hall–Kier alpha value is -1.59. The fourth-order valence-corrected chi connectivity index (χ4v) is 3.51. The van der Waals surface area contributed by atoms with E-state index in [1.54, 1.807) is 0 Å². The third kappa shape index (κ3) is 3.54. The van der Waals surface area contributed by atoms with Gasteiger partial charge in [0.1, 0.15) is 0 Å². The highest BCUT2D eigenvalue weighted by Crippen LogP contribution is 2.36. The molecule has 6 nitrogen and oxygen atoms in total. The average Bonchev–Trinajstić information content (AvgIpc) is 2.90. The first-order valence-corrected chi connectivity index (χ1v) is 8.05. The summed E-state index contributed by atoms with van der Waals surface area (Å²) in [5.41, 5.74) is 6.25. The predicted molar refractivity (Wildman–Crippen MR) is 85.3 cm³/mol. The van der Waals surface area contributed by atoms with Crippen LogP contribution in [0.25, 0.3) is 0 Å². The maximum absolute atomic E-state index is 5.86. The summed E-state index contributed by atoms with van der Waals surface area (Å²) >= 11 is 0. The van der Waals surface area contributed by atoms with Crippen molar-refractivity contribution in [3.8, 4) is 0 Å². The lowest BCUT2D eigenvalue weighted by Gasteiger charge is -2.35. The van der Waals surface area contributed by atoms with E-state index in [1.807, 2.05) is 0 Å². The molecule has 0 radical (unpaired) electrons. The van der Waals surface area contributed by atoms with Crippen LogP contribution in [0.5, 0.6) is 0 Å². The van der Waals surface area contributed by atoms with Gasteiger partial charge in [0.2, 0.25) is 17.8 Å². The molecule has 0 bridgehead atoms. The Balaban J connectivity index is 1.72. The SMILES string of the molecule is CC1(C)CCCC(Nc2nc(N)nc(N3CCCC3)n2)C1. The maximum atomic E-state index is 5.86. The van der Waals surface area contributed by atoms with Crippen LogP contribution in [0.3, 0.4) is 0 Å². The van der Waals surface area contributed by atoms with Crippen LogP contribution in [0.1, 0.15) is 52.4 Å². The molecule has 2 aliphatic rings. The molecule has 1 atom stereocenters. The van der Waals surface area contributed by atoms with Crippen LogP contribution in [-0.4, -0.2) is 34.1 Å². The van der Waals surface area contributed by atoms with Crippen LogP contribution < -0.4 is 16.0 Å². The van der Waals surface area contributed by atoms with Gasteiger partial charge >= 0.3 is 0 Å². The number of nitrogen functional groups attached to an aromatic ring is 1. The monoisotopic (exact) mass is 290 g/mol. The predicted octanol–water partition coefficient (Wildman–Crippen LogP) is 2.43. The molecule has 1 aliphatic carbocycles. The Bertz CT molecular complexity index is 495. The number of anilines is 3. The molecule has 3 N–H and O–H groups in total. The Kier molecular flexibility index (Phi) is 3.87. The van der Waals surface area contributed by atoms with E-state index in [-0.39, 0.29) is 0 Å². The number of nitrogens with zero attached hydrogens (tertiary/aromatic N) is 4. The van der Waals surface area contributed by atoms with Gasteiger partial charge in [-0.25, -0.2) is 0 Å². The van der Waals surface area contributed by atoms with Crippen LogP contribution in [0.2, 0.25) is 0 Å². The highest BCUT2D eigenvalue weighted by molar-refractivity contribution is 5.42. The zero-order valence-electron chi connectivity index (χ0n) is 13.1. The number of aromatic nitrogens is 3. The standard InChI is InChI=1S/C15H26N6/c1-15(2)7-5-6-11(10-15)17-13-18-12(16)19-14(20-13)21-8-3-4-9-21/h11H,3-10H2,1-2H3,(H3,16,17,18,19,20). The van der Waals surface area contributed by atoms with E-state index >= 15 is 0 Å². The van der Waals surface area contributed by atoms with Crippen LogP contribution in [-0.2, 0) is 0 Å². The minimum absolute atomic E-state index is 0.310. The van der Waals surface area contributed by atoms with Gasteiger partial charge in [0.05, 0.1) is 0 Å². The van der Waals surface area contributed by atoms with Crippen molar-refractivity contribution >= 4 is 17.8 Å². The van der Waals surface area contributed by atoms with Crippen LogP contribution in [0, 0.1) is 5.41 Å². The van der Waals surface area contributed by atoms with E-state index in [2.05, 4.69) is 39.0 Å². The molecule has 1 aromatic heterocycles. The molecule has 116 valence electrons. The molecule has 2 heterocycles. The van der Waals surface area contributed by atoms with E-state index in [0.29, 0.717) is 23.4 Å². The van der Waals surface area contributed by atoms with Crippen LogP contribution in [0.4, 0.5) is 17.8 Å². The van der Waals surface area contributed by atoms with Crippen molar-refractivity contribution in [3.63, 3.8) is 0 Å². The van der Waals surface area contributed by atoms with Crippen LogP contribution in [0.15, 0.2) is 0 Å². The molecule has 1 saturated heterocycles. The number of hydrogen-bond acceptors (Lipinski definition) is 6. The third-order valence-corrected chi connectivity index (χ3v) is 4.57. The number of rotatable bonds is 3. The highest BCUT2D eigenvalue weighted by Gasteiger charge is 2.28. The molecule has 1 aromatic rings. The normalized spacial score (nSPS) is 25.0. The average molecular weight is 290 g/mol. The summed E-state index contributed by atoms with van der Waals surface area (Å²) in [6.45, 7) is 6.69. The van der Waals surface area contributed by atoms with Crippen molar-refractivity contribution in [2.24, 2.45) is 5.41 Å². The fourth-order valence-electron chi connectivity index (χ4n) is 3.51. The molecule has 3 rings (SSSR count). The Morgan fingerprint density at radius 2 is 1.90 bits per heavy atom. The Morgan fingerprint density at radius 3 is 2.62 bits per heavy atom. The smallest absolute Gasteiger partial charge is 0.231 e. The van der Waals surface area contributed by atoms with Gasteiger partial charge in [0.15, 0.2) is 0 Å². The molecule has 0 amide bonds. The zero-order chi connectivity index (χ0) is 14.9. The molecule has 0 aromatic carbocycles. The summed E-state index contributed by atoms with van der Waals surface area (Å²) in [6, 6.07) is 0.432. The molecule has 1 saturated carbocycles. The Labute approximate surface area is 126 Å². The molecule has 21 heavy (non-hydrogen) atoms. The summed E-state index contributed by atoms with van der Waals surface area (Å²) in [4.78, 5) is 15.3. The molecular formula is C15H26N6. The maximum Gasteiger partial charge on any atom is 0.231 e. The molecular weight excluding hydrogens is 264 g/mol. The fraction of sp³-hybridized carbons (Fsp3) is 0.800. The van der Waals surface area contributed by atoms with Gasteiger partial charge in [-0.05, 0) is 37.5 Å². The van der Waals surface area contributed by atoms with Crippen molar-refractivity contribution in [2.45, 2.75) is 58.4 Å². The third-order valence-electron chi connectivity index (χ3n) is 4.57. The topological polar surface area (TPSA) is 80.0 Å². The molecule has 1 unspecified atom stereocenters. The van der Waals surface area contributed by atoms with E-state index < -0.39 is 0 Å². The van der Waals surface area contributed by atoms with Gasteiger partial charge in [0.25, 0.3) is 0 Å². The largest absolute Gasteiger partial charge is 0.368 e. The van der Waals surface area contributed by atoms with Gasteiger partial charge < -0.3 is 16.0 Å². The second-order valence-electron chi connectivity index (χ2n) is 7.11. The summed E-state index contributed by atoms with van der Waals surface area (Å²) in [6.07, 6.45) is 7.27. The lowest BCUT2D eigenvalue weighted by molar-refractivity contribution is 0.229. The first-order valence-electron chi connectivity index (χ1n) is 8.05. The number of hydrogen-bond donors (Lipinski definition) is 2. The number of nitrogens with two attached hydrogens (primary N) is 1. The van der Waals surface area contributed by atoms with Crippen molar-refractivity contribution < 1.29 is 0 Å². The summed E-state index contributed by atoms with van der Waals surface area (Å²) in [7, 11) is 0. The van der Waals surface area contributed by atoms with Crippen molar-refractivity contribution in [1.82, 2.24) is 15.0 Å². The first-order chi connectivity index (χ1) is 10.0. The van der Waals surface area contributed by atoms with E-state index in [1.165, 1.54) is 32.1 Å². The number of nitrogens with one attached hydrogen (secondary N) is 1. The second kappa shape index (κ2) is 5.66. The second-order valence-corrected chi connectivity index (χ2v) is 7.11. The molecule has 0 spiro atoms. The summed E-state index contributed by atoms with van der Waals surface area (Å²) in [5, 5.41) is 3.47. The van der Waals surface area contributed by atoms with Crippen molar-refractivity contribution in [3.05, 3.63) is 0 Å². The Morgan fingerprint density at radius 1 is 1.14 bits per heavy atom. The van der Waals surface area contributed by atoms with Gasteiger partial charge in [-0.15, -0.1) is 0 Å². The van der Waals surface area contributed by atoms with Gasteiger partial charge in [0, 0.05) is 19.1 Å². The van der Waals surface area contributed by atoms with E-state index in [9.17, 15) is 0 Å². The van der Waals surface area contributed by atoms with E-state index in [4.69, 9.17) is 5.73 Å². The van der Waals surface area contributed by atoms with Gasteiger partial charge in [-0.1, -0.05) is 20.3 Å². The zero-order valence-corrected chi connectivity index (χ0v) is 13.1. The highest BCUT2D eigenvalue weighted by atomic mass is 15.3. The molecule has 6 heteroatoms. The molecule has 1 aliphatic heterocycles. The lowest BCUT2D eigenvalue weighted by Crippen LogP contribution is -2.32. The minimum Gasteiger partial charge on any atom is -0.368 e.